The summed E-state index contributed by atoms with van der Waals surface area (Å²) in [5.41, 5.74) is 2.95. The van der Waals surface area contributed by atoms with Gasteiger partial charge >= 0.3 is 0 Å². The molecule has 0 atom stereocenters. The number of fused-ring (bicyclic) bond motifs is 1. The van der Waals surface area contributed by atoms with Crippen LogP contribution in [0.3, 0.4) is 0 Å². The second-order valence-corrected chi connectivity index (χ2v) is 5.17. The van der Waals surface area contributed by atoms with Crippen molar-refractivity contribution in [2.24, 2.45) is 0 Å². The molecule has 19 heavy (non-hydrogen) atoms. The first kappa shape index (κ1) is 13.9. The third kappa shape index (κ3) is 3.70. The van der Waals surface area contributed by atoms with Gasteiger partial charge in [-0.1, -0.05) is 32.6 Å². The average Bonchev–Trinajstić information content (AvgIpc) is 2.88. The SMILES string of the molecule is CCCCCCCOc1nc2c(cc1C#N)CCC2. The minimum atomic E-state index is 0.540. The Morgan fingerprint density at radius 2 is 2.11 bits per heavy atom. The molecule has 0 amide bonds. The molecule has 1 aliphatic rings. The number of nitriles is 1. The lowest BCUT2D eigenvalue weighted by Gasteiger charge is -2.09. The van der Waals surface area contributed by atoms with Gasteiger partial charge in [0.15, 0.2) is 0 Å². The molecule has 0 fully saturated rings. The lowest BCUT2D eigenvalue weighted by Crippen LogP contribution is -2.03. The minimum Gasteiger partial charge on any atom is -0.477 e. The van der Waals surface area contributed by atoms with E-state index >= 15 is 0 Å². The topological polar surface area (TPSA) is 45.9 Å². The van der Waals surface area contributed by atoms with Crippen LogP contribution in [0.5, 0.6) is 5.88 Å². The molecule has 0 saturated heterocycles. The summed E-state index contributed by atoms with van der Waals surface area (Å²) in [5.74, 6) is 0.540. The fraction of sp³-hybridized carbons (Fsp3) is 0.625. The second-order valence-electron chi connectivity index (χ2n) is 5.17. The van der Waals surface area contributed by atoms with E-state index in [0.29, 0.717) is 18.1 Å². The van der Waals surface area contributed by atoms with Crippen LogP contribution in [0.25, 0.3) is 0 Å². The summed E-state index contributed by atoms with van der Waals surface area (Å²) in [7, 11) is 0. The van der Waals surface area contributed by atoms with Crippen LogP contribution in [0.4, 0.5) is 0 Å². The maximum atomic E-state index is 9.15. The fourth-order valence-corrected chi connectivity index (χ4v) is 2.52. The van der Waals surface area contributed by atoms with Gasteiger partial charge in [0, 0.05) is 5.69 Å². The van der Waals surface area contributed by atoms with Crippen LogP contribution < -0.4 is 4.74 Å². The number of pyridine rings is 1. The summed E-state index contributed by atoms with van der Waals surface area (Å²) in [5, 5.41) is 9.15. The molecule has 0 spiro atoms. The molecular formula is C16H22N2O. The van der Waals surface area contributed by atoms with Crippen molar-refractivity contribution < 1.29 is 4.74 Å². The van der Waals surface area contributed by atoms with Gasteiger partial charge in [-0.05, 0) is 37.3 Å². The lowest BCUT2D eigenvalue weighted by atomic mass is 10.1. The van der Waals surface area contributed by atoms with Crippen LogP contribution in [0.2, 0.25) is 0 Å². The Labute approximate surface area is 115 Å². The standard InChI is InChI=1S/C16H22N2O/c1-2-3-4-5-6-10-19-16-14(12-17)11-13-8-7-9-15(13)18-16/h11H,2-10H2,1H3. The highest BCUT2D eigenvalue weighted by molar-refractivity contribution is 5.44. The third-order valence-electron chi connectivity index (χ3n) is 3.62. The molecule has 0 aliphatic heterocycles. The summed E-state index contributed by atoms with van der Waals surface area (Å²) in [6.45, 7) is 2.88. The van der Waals surface area contributed by atoms with E-state index in [1.165, 1.54) is 31.2 Å². The van der Waals surface area contributed by atoms with Crippen molar-refractivity contribution in [2.45, 2.75) is 58.3 Å². The highest BCUT2D eigenvalue weighted by Gasteiger charge is 2.17. The van der Waals surface area contributed by atoms with Crippen LogP contribution in [-0.4, -0.2) is 11.6 Å². The van der Waals surface area contributed by atoms with Crippen LogP contribution in [0, 0.1) is 11.3 Å². The van der Waals surface area contributed by atoms with Gasteiger partial charge in [0.2, 0.25) is 5.88 Å². The molecule has 1 heterocycles. The Morgan fingerprint density at radius 1 is 1.26 bits per heavy atom. The Kier molecular flexibility index (Phi) is 5.20. The minimum absolute atomic E-state index is 0.540. The van der Waals surface area contributed by atoms with Gasteiger partial charge in [-0.25, -0.2) is 4.98 Å². The molecule has 2 rings (SSSR count). The number of rotatable bonds is 7. The van der Waals surface area contributed by atoms with Crippen molar-refractivity contribution in [3.63, 3.8) is 0 Å². The van der Waals surface area contributed by atoms with Crippen LogP contribution >= 0.6 is 0 Å². The van der Waals surface area contributed by atoms with Gasteiger partial charge in [-0.15, -0.1) is 0 Å². The van der Waals surface area contributed by atoms with Crippen molar-refractivity contribution in [3.05, 3.63) is 22.9 Å². The van der Waals surface area contributed by atoms with E-state index in [1.807, 2.05) is 6.07 Å². The average molecular weight is 258 g/mol. The first-order valence-corrected chi connectivity index (χ1v) is 7.41. The zero-order valence-electron chi connectivity index (χ0n) is 11.7. The van der Waals surface area contributed by atoms with Crippen molar-refractivity contribution in [1.29, 1.82) is 5.26 Å². The van der Waals surface area contributed by atoms with E-state index in [0.717, 1.165) is 31.4 Å². The number of ether oxygens (including phenoxy) is 1. The summed E-state index contributed by atoms with van der Waals surface area (Å²) >= 11 is 0. The second kappa shape index (κ2) is 7.13. The maximum absolute atomic E-state index is 9.15. The van der Waals surface area contributed by atoms with Gasteiger partial charge in [-0.2, -0.15) is 5.26 Å². The Morgan fingerprint density at radius 3 is 2.89 bits per heavy atom. The summed E-state index contributed by atoms with van der Waals surface area (Å²) in [6.07, 6.45) is 9.27. The van der Waals surface area contributed by atoms with Crippen LogP contribution in [-0.2, 0) is 12.8 Å². The Bertz CT molecular complexity index is 463. The quantitative estimate of drug-likeness (QED) is 0.699. The number of hydrogen-bond acceptors (Lipinski definition) is 3. The number of hydrogen-bond donors (Lipinski definition) is 0. The maximum Gasteiger partial charge on any atom is 0.231 e. The number of unbranched alkanes of at least 4 members (excludes halogenated alkanes) is 4. The smallest absolute Gasteiger partial charge is 0.231 e. The normalized spacial score (nSPS) is 13.1. The summed E-state index contributed by atoms with van der Waals surface area (Å²) in [4.78, 5) is 4.51. The van der Waals surface area contributed by atoms with Crippen molar-refractivity contribution in [1.82, 2.24) is 4.98 Å². The van der Waals surface area contributed by atoms with Gasteiger partial charge in [0.25, 0.3) is 0 Å². The van der Waals surface area contributed by atoms with E-state index < -0.39 is 0 Å². The first-order valence-electron chi connectivity index (χ1n) is 7.41. The molecule has 0 bridgehead atoms. The molecule has 0 unspecified atom stereocenters. The van der Waals surface area contributed by atoms with Crippen molar-refractivity contribution >= 4 is 0 Å². The highest BCUT2D eigenvalue weighted by atomic mass is 16.5. The molecular weight excluding hydrogens is 236 g/mol. The predicted molar refractivity (Wildman–Crippen MR) is 75.2 cm³/mol. The monoisotopic (exact) mass is 258 g/mol. The number of aryl methyl sites for hydroxylation is 2. The van der Waals surface area contributed by atoms with Crippen LogP contribution in [0.15, 0.2) is 6.07 Å². The van der Waals surface area contributed by atoms with Crippen molar-refractivity contribution in [2.75, 3.05) is 6.61 Å². The molecule has 0 N–H and O–H groups in total. The molecule has 0 radical (unpaired) electrons. The van der Waals surface area contributed by atoms with Crippen molar-refractivity contribution in [3.8, 4) is 11.9 Å². The summed E-state index contributed by atoms with van der Waals surface area (Å²) in [6, 6.07) is 4.16. The molecule has 1 aromatic heterocycles. The largest absolute Gasteiger partial charge is 0.477 e. The van der Waals surface area contributed by atoms with E-state index in [1.54, 1.807) is 0 Å². The van der Waals surface area contributed by atoms with E-state index in [9.17, 15) is 0 Å². The highest BCUT2D eigenvalue weighted by Crippen LogP contribution is 2.26. The molecule has 0 saturated carbocycles. The Balaban J connectivity index is 1.88. The zero-order valence-corrected chi connectivity index (χ0v) is 11.7. The molecule has 0 aromatic carbocycles. The molecule has 3 heteroatoms. The molecule has 102 valence electrons. The summed E-state index contributed by atoms with van der Waals surface area (Å²) < 4.78 is 5.70. The van der Waals surface area contributed by atoms with E-state index in [4.69, 9.17) is 10.00 Å². The number of aromatic nitrogens is 1. The molecule has 1 aliphatic carbocycles. The van der Waals surface area contributed by atoms with E-state index in [2.05, 4.69) is 18.0 Å². The fourth-order valence-electron chi connectivity index (χ4n) is 2.52. The van der Waals surface area contributed by atoms with Gasteiger partial charge in [-0.3, -0.25) is 0 Å². The first-order chi connectivity index (χ1) is 9.35. The third-order valence-corrected chi connectivity index (χ3v) is 3.62. The predicted octanol–water partition coefficient (Wildman–Crippen LogP) is 3.79. The van der Waals surface area contributed by atoms with E-state index in [-0.39, 0.29) is 0 Å². The van der Waals surface area contributed by atoms with Crippen LogP contribution in [0.1, 0.15) is 62.3 Å². The van der Waals surface area contributed by atoms with Gasteiger partial charge < -0.3 is 4.74 Å². The lowest BCUT2D eigenvalue weighted by molar-refractivity contribution is 0.292. The van der Waals surface area contributed by atoms with Gasteiger partial charge in [0.05, 0.1) is 6.61 Å². The molecule has 3 nitrogen and oxygen atoms in total. The zero-order chi connectivity index (χ0) is 13.5. The van der Waals surface area contributed by atoms with Gasteiger partial charge in [0.1, 0.15) is 11.6 Å². The molecule has 1 aromatic rings. The number of nitrogens with zero attached hydrogens (tertiary/aromatic N) is 2. The Hall–Kier alpha value is -1.56.